The van der Waals surface area contributed by atoms with Crippen molar-refractivity contribution in [1.29, 1.82) is 5.26 Å². The molecule has 96 valence electrons. The molecule has 0 bridgehead atoms. The van der Waals surface area contributed by atoms with Crippen LogP contribution in [0.4, 0.5) is 4.39 Å². The molecule has 2 aromatic rings. The molecule has 0 fully saturated rings. The molecule has 0 aliphatic carbocycles. The molecular weight excluding hydrogens is 239 g/mol. The summed E-state index contributed by atoms with van der Waals surface area (Å²) < 4.78 is 12.8. The molecule has 1 atom stereocenters. The summed E-state index contributed by atoms with van der Waals surface area (Å²) in [6.07, 6.45) is 0. The SMILES string of the molecule is C[C@@H](NCc1cccc(C#N)c1)c1ccc(F)cc1. The highest BCUT2D eigenvalue weighted by molar-refractivity contribution is 5.32. The van der Waals surface area contributed by atoms with Gasteiger partial charge in [-0.2, -0.15) is 5.26 Å². The lowest BCUT2D eigenvalue weighted by atomic mass is 10.1. The molecule has 0 unspecified atom stereocenters. The van der Waals surface area contributed by atoms with Crippen LogP contribution in [0.1, 0.15) is 29.7 Å². The quantitative estimate of drug-likeness (QED) is 0.905. The van der Waals surface area contributed by atoms with Gasteiger partial charge in [-0.05, 0) is 42.3 Å². The summed E-state index contributed by atoms with van der Waals surface area (Å²) in [5.41, 5.74) is 2.76. The van der Waals surface area contributed by atoms with Crippen molar-refractivity contribution in [1.82, 2.24) is 5.32 Å². The zero-order chi connectivity index (χ0) is 13.7. The summed E-state index contributed by atoms with van der Waals surface area (Å²) in [6, 6.07) is 16.2. The van der Waals surface area contributed by atoms with E-state index >= 15 is 0 Å². The van der Waals surface area contributed by atoms with Crippen LogP contribution >= 0.6 is 0 Å². The topological polar surface area (TPSA) is 35.8 Å². The number of nitrogens with zero attached hydrogens (tertiary/aromatic N) is 1. The van der Waals surface area contributed by atoms with E-state index in [-0.39, 0.29) is 11.9 Å². The smallest absolute Gasteiger partial charge is 0.123 e. The van der Waals surface area contributed by atoms with E-state index in [9.17, 15) is 4.39 Å². The van der Waals surface area contributed by atoms with Gasteiger partial charge in [0.15, 0.2) is 0 Å². The van der Waals surface area contributed by atoms with Crippen molar-refractivity contribution in [3.8, 4) is 6.07 Å². The Kier molecular flexibility index (Phi) is 4.27. The van der Waals surface area contributed by atoms with Crippen molar-refractivity contribution in [3.63, 3.8) is 0 Å². The molecule has 0 radical (unpaired) electrons. The maximum Gasteiger partial charge on any atom is 0.123 e. The van der Waals surface area contributed by atoms with Crippen LogP contribution in [-0.2, 0) is 6.54 Å². The van der Waals surface area contributed by atoms with Gasteiger partial charge in [0, 0.05) is 12.6 Å². The normalized spacial score (nSPS) is 11.8. The first kappa shape index (κ1) is 13.3. The van der Waals surface area contributed by atoms with Crippen LogP contribution in [0.3, 0.4) is 0 Å². The lowest BCUT2D eigenvalue weighted by molar-refractivity contribution is 0.571. The van der Waals surface area contributed by atoms with Gasteiger partial charge in [0.25, 0.3) is 0 Å². The van der Waals surface area contributed by atoms with Crippen LogP contribution in [0.2, 0.25) is 0 Å². The van der Waals surface area contributed by atoms with Crippen molar-refractivity contribution >= 4 is 0 Å². The summed E-state index contributed by atoms with van der Waals surface area (Å²) >= 11 is 0. The molecule has 1 N–H and O–H groups in total. The van der Waals surface area contributed by atoms with Crippen molar-refractivity contribution < 1.29 is 4.39 Å². The second-order valence-corrected chi connectivity index (χ2v) is 4.47. The summed E-state index contributed by atoms with van der Waals surface area (Å²) in [4.78, 5) is 0. The van der Waals surface area contributed by atoms with E-state index in [1.807, 2.05) is 25.1 Å². The second-order valence-electron chi connectivity index (χ2n) is 4.47. The van der Waals surface area contributed by atoms with Crippen LogP contribution in [0.15, 0.2) is 48.5 Å². The molecular formula is C16H15FN2. The van der Waals surface area contributed by atoms with Gasteiger partial charge in [0.2, 0.25) is 0 Å². The van der Waals surface area contributed by atoms with Crippen LogP contribution in [0.25, 0.3) is 0 Å². The lowest BCUT2D eigenvalue weighted by Gasteiger charge is -2.14. The zero-order valence-electron chi connectivity index (χ0n) is 10.7. The Bertz CT molecular complexity index is 584. The van der Waals surface area contributed by atoms with Crippen LogP contribution in [-0.4, -0.2) is 0 Å². The fourth-order valence-electron chi connectivity index (χ4n) is 1.89. The van der Waals surface area contributed by atoms with Gasteiger partial charge in [-0.3, -0.25) is 0 Å². The van der Waals surface area contributed by atoms with Gasteiger partial charge in [-0.15, -0.1) is 0 Å². The summed E-state index contributed by atoms with van der Waals surface area (Å²) in [6.45, 7) is 2.70. The molecule has 2 nitrogen and oxygen atoms in total. The predicted molar refractivity (Wildman–Crippen MR) is 72.8 cm³/mol. The predicted octanol–water partition coefficient (Wildman–Crippen LogP) is 3.55. The average molecular weight is 254 g/mol. The Morgan fingerprint density at radius 3 is 2.63 bits per heavy atom. The second kappa shape index (κ2) is 6.12. The number of halogens is 1. The van der Waals surface area contributed by atoms with E-state index in [0.29, 0.717) is 12.1 Å². The molecule has 0 amide bonds. The number of hydrogen-bond acceptors (Lipinski definition) is 2. The fourth-order valence-corrected chi connectivity index (χ4v) is 1.89. The first-order chi connectivity index (χ1) is 9.19. The fraction of sp³-hybridized carbons (Fsp3) is 0.188. The Balaban J connectivity index is 1.98. The highest BCUT2D eigenvalue weighted by Crippen LogP contribution is 2.14. The van der Waals surface area contributed by atoms with Gasteiger partial charge in [-0.25, -0.2) is 4.39 Å². The van der Waals surface area contributed by atoms with Gasteiger partial charge in [0.1, 0.15) is 5.82 Å². The lowest BCUT2D eigenvalue weighted by Crippen LogP contribution is -2.18. The Labute approximate surface area is 112 Å². The van der Waals surface area contributed by atoms with Crippen LogP contribution < -0.4 is 5.32 Å². The molecule has 0 spiro atoms. The molecule has 0 heterocycles. The molecule has 3 heteroatoms. The Morgan fingerprint density at radius 1 is 1.21 bits per heavy atom. The van der Waals surface area contributed by atoms with Gasteiger partial charge in [0.05, 0.1) is 11.6 Å². The average Bonchev–Trinajstić information content (AvgIpc) is 2.46. The van der Waals surface area contributed by atoms with Gasteiger partial charge >= 0.3 is 0 Å². The first-order valence-corrected chi connectivity index (χ1v) is 6.17. The number of benzene rings is 2. The Morgan fingerprint density at radius 2 is 1.95 bits per heavy atom. The van der Waals surface area contributed by atoms with E-state index in [1.165, 1.54) is 12.1 Å². The molecule has 2 aromatic carbocycles. The van der Waals surface area contributed by atoms with Gasteiger partial charge in [-0.1, -0.05) is 24.3 Å². The van der Waals surface area contributed by atoms with E-state index in [2.05, 4.69) is 11.4 Å². The summed E-state index contributed by atoms with van der Waals surface area (Å²) in [5, 5.41) is 12.2. The number of hydrogen-bond donors (Lipinski definition) is 1. The molecule has 2 rings (SSSR count). The maximum atomic E-state index is 12.8. The third-order valence-electron chi connectivity index (χ3n) is 3.04. The molecule has 0 saturated heterocycles. The minimum Gasteiger partial charge on any atom is -0.306 e. The highest BCUT2D eigenvalue weighted by atomic mass is 19.1. The number of nitrogens with one attached hydrogen (secondary N) is 1. The standard InChI is InChI=1S/C16H15FN2/c1-12(15-5-7-16(17)8-6-15)19-11-14-4-2-3-13(9-14)10-18/h2-9,12,19H,11H2,1H3/t12-/m1/s1. The third-order valence-corrected chi connectivity index (χ3v) is 3.04. The summed E-state index contributed by atoms with van der Waals surface area (Å²) in [5.74, 6) is -0.224. The zero-order valence-corrected chi connectivity index (χ0v) is 10.7. The van der Waals surface area contributed by atoms with Crippen LogP contribution in [0.5, 0.6) is 0 Å². The van der Waals surface area contributed by atoms with E-state index < -0.39 is 0 Å². The molecule has 0 aliphatic heterocycles. The van der Waals surface area contributed by atoms with Crippen molar-refractivity contribution in [2.75, 3.05) is 0 Å². The van der Waals surface area contributed by atoms with Crippen LogP contribution in [0, 0.1) is 17.1 Å². The first-order valence-electron chi connectivity index (χ1n) is 6.17. The highest BCUT2D eigenvalue weighted by Gasteiger charge is 2.05. The molecule has 0 aliphatic rings. The minimum absolute atomic E-state index is 0.131. The molecule has 0 saturated carbocycles. The van der Waals surface area contributed by atoms with Crippen molar-refractivity contribution in [2.45, 2.75) is 19.5 Å². The monoisotopic (exact) mass is 254 g/mol. The molecule has 0 aromatic heterocycles. The maximum absolute atomic E-state index is 12.8. The van der Waals surface area contributed by atoms with Crippen molar-refractivity contribution in [3.05, 3.63) is 71.0 Å². The Hall–Kier alpha value is -2.18. The number of nitriles is 1. The largest absolute Gasteiger partial charge is 0.306 e. The van der Waals surface area contributed by atoms with E-state index in [4.69, 9.17) is 5.26 Å². The molecule has 19 heavy (non-hydrogen) atoms. The summed E-state index contributed by atoms with van der Waals surface area (Å²) in [7, 11) is 0. The van der Waals surface area contributed by atoms with E-state index in [0.717, 1.165) is 11.1 Å². The van der Waals surface area contributed by atoms with Gasteiger partial charge < -0.3 is 5.32 Å². The minimum atomic E-state index is -0.224. The number of rotatable bonds is 4. The van der Waals surface area contributed by atoms with Crippen molar-refractivity contribution in [2.24, 2.45) is 0 Å². The third kappa shape index (κ3) is 3.64. The van der Waals surface area contributed by atoms with E-state index in [1.54, 1.807) is 18.2 Å².